The molecule has 43 heavy (non-hydrogen) atoms. The highest BCUT2D eigenvalue weighted by Gasteiger charge is 2.34. The van der Waals surface area contributed by atoms with E-state index in [-0.39, 0.29) is 30.5 Å². The van der Waals surface area contributed by atoms with Crippen LogP contribution in [0.25, 0.3) is 11.0 Å². The number of imidazole rings is 1. The minimum absolute atomic E-state index is 0. The number of carboxylic acids is 1. The van der Waals surface area contributed by atoms with Gasteiger partial charge in [-0.1, -0.05) is 31.2 Å². The van der Waals surface area contributed by atoms with Crippen molar-refractivity contribution in [2.75, 3.05) is 19.7 Å². The summed E-state index contributed by atoms with van der Waals surface area (Å²) >= 11 is 5.91. The molecule has 2 fully saturated rings. The van der Waals surface area contributed by atoms with Crippen LogP contribution in [0.5, 0.6) is 11.5 Å². The molecular weight excluding hydrogens is 580 g/mol. The molecule has 0 spiro atoms. The molecule has 3 aromatic carbocycles. The SMILES string of the molecule is C.O=C(O)c1ccc2nc(CN3CCC(c4cccc5c4O[C@@H](c4ccc(Cl)cc4F)O5)CC3)n(C[C@@H]3CCO3)c2c1F. The topological polar surface area (TPSA) is 86.0 Å². The van der Waals surface area contributed by atoms with E-state index in [2.05, 4.69) is 4.90 Å². The number of benzene rings is 3. The fourth-order valence-corrected chi connectivity index (χ4v) is 6.24. The van der Waals surface area contributed by atoms with E-state index < -0.39 is 23.9 Å². The smallest absolute Gasteiger partial charge is 0.338 e. The normalized spacial score (nSPS) is 20.2. The van der Waals surface area contributed by atoms with Crippen molar-refractivity contribution in [1.82, 2.24) is 14.5 Å². The lowest BCUT2D eigenvalue weighted by Crippen LogP contribution is -2.35. The molecule has 1 aromatic heterocycles. The molecule has 7 rings (SSSR count). The summed E-state index contributed by atoms with van der Waals surface area (Å²) in [6.07, 6.45) is 1.64. The van der Waals surface area contributed by atoms with E-state index in [1.807, 2.05) is 18.2 Å². The molecule has 11 heteroatoms. The van der Waals surface area contributed by atoms with Gasteiger partial charge in [0.1, 0.15) is 17.2 Å². The lowest BCUT2D eigenvalue weighted by Gasteiger charge is -2.33. The van der Waals surface area contributed by atoms with Gasteiger partial charge in [0.05, 0.1) is 35.8 Å². The van der Waals surface area contributed by atoms with Gasteiger partial charge in [-0.3, -0.25) is 4.90 Å². The van der Waals surface area contributed by atoms with Crippen LogP contribution in [0.3, 0.4) is 0 Å². The molecule has 8 nitrogen and oxygen atoms in total. The van der Waals surface area contributed by atoms with Crippen LogP contribution in [-0.4, -0.2) is 51.3 Å². The van der Waals surface area contributed by atoms with Crippen molar-refractivity contribution in [3.05, 3.63) is 87.7 Å². The van der Waals surface area contributed by atoms with E-state index in [1.54, 1.807) is 22.8 Å². The summed E-state index contributed by atoms with van der Waals surface area (Å²) in [5.74, 6) is -0.432. The van der Waals surface area contributed by atoms with Crippen LogP contribution in [0, 0.1) is 11.6 Å². The molecule has 0 aliphatic carbocycles. The van der Waals surface area contributed by atoms with Crippen LogP contribution >= 0.6 is 11.6 Å². The Hall–Kier alpha value is -3.73. The van der Waals surface area contributed by atoms with Crippen LogP contribution in [0.15, 0.2) is 48.5 Å². The predicted molar refractivity (Wildman–Crippen MR) is 157 cm³/mol. The van der Waals surface area contributed by atoms with E-state index in [0.717, 1.165) is 37.9 Å². The average Bonchev–Trinajstić information content (AvgIpc) is 3.52. The molecule has 4 heterocycles. The van der Waals surface area contributed by atoms with Gasteiger partial charge in [0.15, 0.2) is 17.3 Å². The summed E-state index contributed by atoms with van der Waals surface area (Å²) in [4.78, 5) is 18.6. The third-order valence-corrected chi connectivity index (χ3v) is 8.65. The first-order chi connectivity index (χ1) is 20.4. The molecular formula is C32H32ClF2N3O5. The van der Waals surface area contributed by atoms with E-state index in [4.69, 9.17) is 30.8 Å². The van der Waals surface area contributed by atoms with Crippen molar-refractivity contribution in [2.24, 2.45) is 0 Å². The number of para-hydroxylation sites is 1. The predicted octanol–water partition coefficient (Wildman–Crippen LogP) is 6.94. The maximum atomic E-state index is 15.3. The van der Waals surface area contributed by atoms with Crippen LogP contribution in [0.1, 0.15) is 66.2 Å². The highest BCUT2D eigenvalue weighted by Crippen LogP contribution is 2.47. The maximum Gasteiger partial charge on any atom is 0.338 e. The molecule has 0 amide bonds. The molecule has 2 saturated heterocycles. The number of aromatic carboxylic acids is 1. The Morgan fingerprint density at radius 3 is 2.53 bits per heavy atom. The number of carboxylic acid groups (broad SMARTS) is 1. The second-order valence-electron chi connectivity index (χ2n) is 11.0. The molecule has 1 N–H and O–H groups in total. The first-order valence-electron chi connectivity index (χ1n) is 14.0. The van der Waals surface area contributed by atoms with Gasteiger partial charge in [-0.2, -0.15) is 0 Å². The molecule has 3 aliphatic rings. The number of hydrogen-bond acceptors (Lipinski definition) is 6. The Morgan fingerprint density at radius 1 is 1.05 bits per heavy atom. The number of likely N-dealkylation sites (tertiary alicyclic amines) is 1. The summed E-state index contributed by atoms with van der Waals surface area (Å²) in [7, 11) is 0. The first kappa shape index (κ1) is 29.3. The van der Waals surface area contributed by atoms with Gasteiger partial charge in [0, 0.05) is 17.2 Å². The molecule has 226 valence electrons. The summed E-state index contributed by atoms with van der Waals surface area (Å²) in [6, 6.07) is 13.0. The van der Waals surface area contributed by atoms with E-state index in [9.17, 15) is 14.3 Å². The summed E-state index contributed by atoms with van der Waals surface area (Å²) in [5.41, 5.74) is 1.60. The molecule has 0 saturated carbocycles. The number of aromatic nitrogens is 2. The summed E-state index contributed by atoms with van der Waals surface area (Å²) in [5, 5.41) is 9.76. The molecule has 0 bridgehead atoms. The third-order valence-electron chi connectivity index (χ3n) is 8.41. The number of rotatable bonds is 7. The van der Waals surface area contributed by atoms with Crippen LogP contribution in [0.4, 0.5) is 8.78 Å². The van der Waals surface area contributed by atoms with E-state index in [1.165, 1.54) is 12.1 Å². The largest absolute Gasteiger partial charge is 0.478 e. The monoisotopic (exact) mass is 611 g/mol. The molecule has 3 aliphatic heterocycles. The Bertz CT molecular complexity index is 1680. The van der Waals surface area contributed by atoms with Crippen molar-refractivity contribution in [2.45, 2.75) is 58.1 Å². The van der Waals surface area contributed by atoms with Crippen molar-refractivity contribution < 1.29 is 32.9 Å². The van der Waals surface area contributed by atoms with Crippen molar-refractivity contribution >= 4 is 28.6 Å². The van der Waals surface area contributed by atoms with Crippen LogP contribution < -0.4 is 9.47 Å². The quantitative estimate of drug-likeness (QED) is 0.242. The molecule has 4 aromatic rings. The van der Waals surface area contributed by atoms with Crippen molar-refractivity contribution in [3.8, 4) is 11.5 Å². The van der Waals surface area contributed by atoms with Crippen molar-refractivity contribution in [3.63, 3.8) is 0 Å². The van der Waals surface area contributed by atoms with Gasteiger partial charge in [-0.15, -0.1) is 0 Å². The second-order valence-corrected chi connectivity index (χ2v) is 11.4. The number of carbonyl (C=O) groups is 1. The van der Waals surface area contributed by atoms with Gasteiger partial charge >= 0.3 is 5.97 Å². The van der Waals surface area contributed by atoms with Gasteiger partial charge in [-0.25, -0.2) is 18.6 Å². The highest BCUT2D eigenvalue weighted by molar-refractivity contribution is 6.30. The van der Waals surface area contributed by atoms with Crippen LogP contribution in [0.2, 0.25) is 5.02 Å². The number of piperidine rings is 1. The lowest BCUT2D eigenvalue weighted by atomic mass is 9.88. The highest BCUT2D eigenvalue weighted by atomic mass is 35.5. The lowest BCUT2D eigenvalue weighted by molar-refractivity contribution is -0.0592. The van der Waals surface area contributed by atoms with Crippen LogP contribution in [-0.2, 0) is 17.8 Å². The fourth-order valence-electron chi connectivity index (χ4n) is 6.09. The summed E-state index contributed by atoms with van der Waals surface area (Å²) < 4.78 is 49.4. The van der Waals surface area contributed by atoms with Gasteiger partial charge in [-0.05, 0) is 74.7 Å². The minimum Gasteiger partial charge on any atom is -0.478 e. The Labute approximate surface area is 252 Å². The van der Waals surface area contributed by atoms with Gasteiger partial charge in [0.25, 0.3) is 6.29 Å². The van der Waals surface area contributed by atoms with Crippen molar-refractivity contribution in [1.29, 1.82) is 0 Å². The number of hydrogen-bond donors (Lipinski definition) is 1. The average molecular weight is 612 g/mol. The third kappa shape index (κ3) is 5.43. The fraction of sp³-hybridized carbons (Fsp3) is 0.375. The molecule has 0 unspecified atom stereocenters. The number of halogens is 3. The van der Waals surface area contributed by atoms with Gasteiger partial charge in [0.2, 0.25) is 0 Å². The number of ether oxygens (including phenoxy) is 3. The maximum absolute atomic E-state index is 15.3. The Morgan fingerprint density at radius 2 is 1.84 bits per heavy atom. The second kappa shape index (κ2) is 11.7. The zero-order valence-corrected chi connectivity index (χ0v) is 23.3. The Kier molecular flexibility index (Phi) is 8.02. The van der Waals surface area contributed by atoms with Gasteiger partial charge < -0.3 is 23.9 Å². The standard InChI is InChI=1S/C31H28ClF2N3O5.CH4/c32-18-4-5-21(23(33)14-18)31-41-25-3-1-2-20(29(25)42-31)17-8-11-36(12-9-17)16-26-35-24-7-6-22(30(38)39)27(34)28(24)37(26)15-19-10-13-40-19;/h1-7,14,17,19,31H,8-13,15-16H2,(H,38,39);1H4/t19-,31-;/m0./s1. The zero-order chi connectivity index (χ0) is 29.0. The summed E-state index contributed by atoms with van der Waals surface area (Å²) in [6.45, 7) is 3.13. The molecule has 2 atom stereocenters. The zero-order valence-electron chi connectivity index (χ0n) is 22.6. The van der Waals surface area contributed by atoms with E-state index in [0.29, 0.717) is 53.1 Å². The Balaban J connectivity index is 0.00000329. The minimum atomic E-state index is -1.31. The first-order valence-corrected chi connectivity index (χ1v) is 14.4. The number of nitrogens with zero attached hydrogens (tertiary/aromatic N) is 3. The number of fused-ring (bicyclic) bond motifs is 2. The molecule has 0 radical (unpaired) electrons. The van der Waals surface area contributed by atoms with E-state index >= 15 is 4.39 Å².